The maximum Gasteiger partial charge on any atom is 0.321 e. The molecule has 2 rings (SSSR count). The summed E-state index contributed by atoms with van der Waals surface area (Å²) in [6.45, 7) is 6.92. The first-order valence-electron chi connectivity index (χ1n) is 8.82. The molecular weight excluding hydrogens is 334 g/mol. The number of carbonyl (C=O) groups excluding carboxylic acids is 3. The lowest BCUT2D eigenvalue weighted by atomic mass is 10.3. The number of nitrogens with one attached hydrogen (secondary N) is 3. The quantitative estimate of drug-likeness (QED) is 0.685. The molecule has 142 valence electrons. The number of benzene rings is 1. The molecule has 0 unspecified atom stereocenters. The average Bonchev–Trinajstić information content (AvgIpc) is 2.56. The van der Waals surface area contributed by atoms with E-state index in [9.17, 15) is 14.4 Å². The van der Waals surface area contributed by atoms with E-state index < -0.39 is 6.03 Å². The smallest absolute Gasteiger partial charge is 0.321 e. The Kier molecular flexibility index (Phi) is 7.55. The summed E-state index contributed by atoms with van der Waals surface area (Å²) in [5.41, 5.74) is 0.785. The fourth-order valence-electron chi connectivity index (χ4n) is 2.70. The molecule has 0 radical (unpaired) electrons. The molecule has 8 heteroatoms. The number of amides is 4. The first-order valence-corrected chi connectivity index (χ1v) is 8.82. The van der Waals surface area contributed by atoms with Crippen LogP contribution >= 0.6 is 0 Å². The number of anilines is 1. The SMILES string of the molecule is CC(C)NC(=O)NC(=O)CN1CCN(CC(=O)Nc2ccccc2)CC1. The van der Waals surface area contributed by atoms with Gasteiger partial charge in [0.2, 0.25) is 11.8 Å². The van der Waals surface area contributed by atoms with Gasteiger partial charge in [-0.05, 0) is 26.0 Å². The lowest BCUT2D eigenvalue weighted by Gasteiger charge is -2.33. The molecule has 0 atom stereocenters. The molecule has 1 aliphatic rings. The van der Waals surface area contributed by atoms with Crippen molar-refractivity contribution in [1.29, 1.82) is 0 Å². The largest absolute Gasteiger partial charge is 0.336 e. The summed E-state index contributed by atoms with van der Waals surface area (Å²) in [4.78, 5) is 39.5. The summed E-state index contributed by atoms with van der Waals surface area (Å²) in [6.07, 6.45) is 0. The van der Waals surface area contributed by atoms with E-state index in [1.165, 1.54) is 0 Å². The van der Waals surface area contributed by atoms with Crippen LogP contribution in [0.1, 0.15) is 13.8 Å². The first kappa shape index (κ1) is 19.9. The van der Waals surface area contributed by atoms with Crippen molar-refractivity contribution in [1.82, 2.24) is 20.4 Å². The molecule has 0 saturated carbocycles. The Morgan fingerprint density at radius 3 is 2.00 bits per heavy atom. The molecule has 3 N–H and O–H groups in total. The summed E-state index contributed by atoms with van der Waals surface area (Å²) in [6, 6.07) is 8.86. The number of hydrogen-bond acceptors (Lipinski definition) is 5. The molecule has 0 bridgehead atoms. The molecule has 0 spiro atoms. The van der Waals surface area contributed by atoms with Gasteiger partial charge in [-0.15, -0.1) is 0 Å². The van der Waals surface area contributed by atoms with Crippen molar-refractivity contribution in [2.75, 3.05) is 44.6 Å². The molecule has 8 nitrogen and oxygen atoms in total. The number of carbonyl (C=O) groups is 3. The van der Waals surface area contributed by atoms with E-state index in [0.717, 1.165) is 5.69 Å². The molecule has 0 aliphatic carbocycles. The molecule has 26 heavy (non-hydrogen) atoms. The lowest BCUT2D eigenvalue weighted by Crippen LogP contribution is -2.52. The van der Waals surface area contributed by atoms with Crippen molar-refractivity contribution in [2.45, 2.75) is 19.9 Å². The minimum Gasteiger partial charge on any atom is -0.336 e. The standard InChI is InChI=1S/C18H27N5O3/c1-14(2)19-18(26)21-17(25)13-23-10-8-22(9-11-23)12-16(24)20-15-6-4-3-5-7-15/h3-7,14H,8-13H2,1-2H3,(H,20,24)(H2,19,21,25,26). The van der Waals surface area contributed by atoms with Crippen LogP contribution in [-0.2, 0) is 9.59 Å². The normalized spacial score (nSPS) is 15.5. The van der Waals surface area contributed by atoms with Crippen molar-refractivity contribution in [3.63, 3.8) is 0 Å². The summed E-state index contributed by atoms with van der Waals surface area (Å²) in [7, 11) is 0. The number of piperazine rings is 1. The highest BCUT2D eigenvalue weighted by Gasteiger charge is 2.21. The first-order chi connectivity index (χ1) is 12.4. The fraction of sp³-hybridized carbons (Fsp3) is 0.500. The Morgan fingerprint density at radius 1 is 0.923 bits per heavy atom. The van der Waals surface area contributed by atoms with Crippen LogP contribution in [0.3, 0.4) is 0 Å². The maximum atomic E-state index is 12.1. The van der Waals surface area contributed by atoms with Crippen LogP contribution in [0.25, 0.3) is 0 Å². The third-order valence-electron chi connectivity index (χ3n) is 3.93. The number of rotatable bonds is 6. The Balaban J connectivity index is 1.66. The van der Waals surface area contributed by atoms with Gasteiger partial charge in [0.15, 0.2) is 0 Å². The van der Waals surface area contributed by atoms with Gasteiger partial charge in [0.25, 0.3) is 0 Å². The maximum absolute atomic E-state index is 12.1. The van der Waals surface area contributed by atoms with E-state index >= 15 is 0 Å². The Bertz CT molecular complexity index is 613. The van der Waals surface area contributed by atoms with Crippen LogP contribution in [0.4, 0.5) is 10.5 Å². The van der Waals surface area contributed by atoms with Gasteiger partial charge in [-0.2, -0.15) is 0 Å². The van der Waals surface area contributed by atoms with E-state index in [4.69, 9.17) is 0 Å². The average molecular weight is 361 g/mol. The minimum absolute atomic E-state index is 0.0200. The molecule has 1 fully saturated rings. The van der Waals surface area contributed by atoms with Crippen molar-refractivity contribution in [2.24, 2.45) is 0 Å². The topological polar surface area (TPSA) is 93.8 Å². The van der Waals surface area contributed by atoms with Crippen molar-refractivity contribution in [3.8, 4) is 0 Å². The van der Waals surface area contributed by atoms with Gasteiger partial charge in [0.1, 0.15) is 0 Å². The van der Waals surface area contributed by atoms with Gasteiger partial charge < -0.3 is 10.6 Å². The van der Waals surface area contributed by atoms with Crippen LogP contribution in [0, 0.1) is 0 Å². The second kappa shape index (κ2) is 9.88. The van der Waals surface area contributed by atoms with Gasteiger partial charge in [0, 0.05) is 37.9 Å². The number of hydrogen-bond donors (Lipinski definition) is 3. The van der Waals surface area contributed by atoms with Gasteiger partial charge >= 0.3 is 6.03 Å². The Morgan fingerprint density at radius 2 is 1.46 bits per heavy atom. The summed E-state index contributed by atoms with van der Waals surface area (Å²) in [5, 5.41) is 7.81. The predicted octanol–water partition coefficient (Wildman–Crippen LogP) is 0.477. The predicted molar refractivity (Wildman–Crippen MR) is 99.8 cm³/mol. The summed E-state index contributed by atoms with van der Waals surface area (Å²) >= 11 is 0. The van der Waals surface area contributed by atoms with Gasteiger partial charge in [0.05, 0.1) is 13.1 Å². The zero-order chi connectivity index (χ0) is 18.9. The van der Waals surface area contributed by atoms with Crippen LogP contribution in [-0.4, -0.2) is 73.0 Å². The van der Waals surface area contributed by atoms with Crippen molar-refractivity contribution >= 4 is 23.5 Å². The second-order valence-corrected chi connectivity index (χ2v) is 6.64. The van der Waals surface area contributed by atoms with Crippen LogP contribution in [0.5, 0.6) is 0 Å². The lowest BCUT2D eigenvalue weighted by molar-refractivity contribution is -0.122. The molecular formula is C18H27N5O3. The van der Waals surface area contributed by atoms with Crippen LogP contribution in [0.2, 0.25) is 0 Å². The van der Waals surface area contributed by atoms with Gasteiger partial charge in [-0.1, -0.05) is 18.2 Å². The third kappa shape index (κ3) is 7.20. The van der Waals surface area contributed by atoms with Crippen molar-refractivity contribution in [3.05, 3.63) is 30.3 Å². The zero-order valence-electron chi connectivity index (χ0n) is 15.3. The number of urea groups is 1. The number of nitrogens with zero attached hydrogens (tertiary/aromatic N) is 2. The van der Waals surface area contributed by atoms with Crippen molar-refractivity contribution < 1.29 is 14.4 Å². The Labute approximate surface area is 153 Å². The van der Waals surface area contributed by atoms with E-state index in [-0.39, 0.29) is 24.4 Å². The Hall–Kier alpha value is -2.45. The fourth-order valence-corrected chi connectivity index (χ4v) is 2.70. The van der Waals surface area contributed by atoms with Crippen LogP contribution < -0.4 is 16.0 Å². The monoisotopic (exact) mass is 361 g/mol. The number of imide groups is 1. The highest BCUT2D eigenvalue weighted by Crippen LogP contribution is 2.06. The molecule has 0 aromatic heterocycles. The molecule has 4 amide bonds. The second-order valence-electron chi connectivity index (χ2n) is 6.64. The van der Waals surface area contributed by atoms with E-state index in [1.54, 1.807) is 0 Å². The third-order valence-corrected chi connectivity index (χ3v) is 3.93. The highest BCUT2D eigenvalue weighted by atomic mass is 16.2. The molecule has 1 heterocycles. The van der Waals surface area contributed by atoms with Gasteiger partial charge in [-0.3, -0.25) is 24.7 Å². The van der Waals surface area contributed by atoms with E-state index in [1.807, 2.05) is 49.1 Å². The van der Waals surface area contributed by atoms with E-state index in [2.05, 4.69) is 20.9 Å². The summed E-state index contributed by atoms with van der Waals surface area (Å²) in [5.74, 6) is -0.369. The molecule has 1 aromatic rings. The number of para-hydroxylation sites is 1. The van der Waals surface area contributed by atoms with Gasteiger partial charge in [-0.25, -0.2) is 4.79 Å². The van der Waals surface area contributed by atoms with E-state index in [0.29, 0.717) is 32.7 Å². The molecule has 1 aromatic carbocycles. The molecule has 1 aliphatic heterocycles. The summed E-state index contributed by atoms with van der Waals surface area (Å²) < 4.78 is 0. The minimum atomic E-state index is -0.471. The zero-order valence-corrected chi connectivity index (χ0v) is 15.3. The van der Waals surface area contributed by atoms with Crippen LogP contribution in [0.15, 0.2) is 30.3 Å². The highest BCUT2D eigenvalue weighted by molar-refractivity contribution is 5.95. The molecule has 1 saturated heterocycles.